The van der Waals surface area contributed by atoms with Crippen molar-refractivity contribution in [3.63, 3.8) is 0 Å². The molecule has 0 spiro atoms. The molecule has 144 valence electrons. The second-order valence-electron chi connectivity index (χ2n) is 7.13. The fourth-order valence-electron chi connectivity index (χ4n) is 3.40. The van der Waals surface area contributed by atoms with Crippen molar-refractivity contribution in [2.24, 2.45) is 0 Å². The molecule has 1 N–H and O–H groups in total. The van der Waals surface area contributed by atoms with Crippen molar-refractivity contribution in [3.8, 4) is 0 Å². The number of halogens is 1. The van der Waals surface area contributed by atoms with Gasteiger partial charge in [-0.3, -0.25) is 9.59 Å². The monoisotopic (exact) mass is 373 g/mol. The van der Waals surface area contributed by atoms with Crippen molar-refractivity contribution < 1.29 is 18.5 Å². The van der Waals surface area contributed by atoms with Gasteiger partial charge in [0.25, 0.3) is 5.91 Å². The van der Waals surface area contributed by atoms with Gasteiger partial charge < -0.3 is 14.7 Å². The van der Waals surface area contributed by atoms with E-state index in [1.54, 1.807) is 17.9 Å². The highest BCUT2D eigenvalue weighted by molar-refractivity contribution is 5.94. The molecule has 7 heteroatoms. The molecular formula is C20H24FN3O3. The maximum atomic E-state index is 13.5. The molecule has 2 heterocycles. The van der Waals surface area contributed by atoms with Crippen LogP contribution in [0, 0.1) is 26.6 Å². The van der Waals surface area contributed by atoms with Crippen molar-refractivity contribution in [2.45, 2.75) is 52.6 Å². The van der Waals surface area contributed by atoms with Crippen LogP contribution in [-0.4, -0.2) is 34.5 Å². The lowest BCUT2D eigenvalue weighted by Crippen LogP contribution is -2.36. The van der Waals surface area contributed by atoms with E-state index in [4.69, 9.17) is 4.52 Å². The number of amides is 2. The number of aryl methyl sites for hydroxylation is 3. The smallest absolute Gasteiger partial charge is 0.251 e. The quantitative estimate of drug-likeness (QED) is 0.894. The number of hydrogen-bond donors (Lipinski definition) is 1. The van der Waals surface area contributed by atoms with Crippen LogP contribution in [0.15, 0.2) is 22.7 Å². The van der Waals surface area contributed by atoms with Crippen LogP contribution in [0.2, 0.25) is 0 Å². The topological polar surface area (TPSA) is 75.4 Å². The Morgan fingerprint density at radius 3 is 2.74 bits per heavy atom. The predicted octanol–water partition coefficient (Wildman–Crippen LogP) is 3.05. The Morgan fingerprint density at radius 1 is 1.30 bits per heavy atom. The summed E-state index contributed by atoms with van der Waals surface area (Å²) in [5.41, 5.74) is 2.72. The van der Waals surface area contributed by atoms with Crippen LogP contribution in [0.5, 0.6) is 0 Å². The Balaban J connectivity index is 1.63. The number of carbonyl (C=O) groups is 2. The molecular weight excluding hydrogens is 349 g/mol. The first-order chi connectivity index (χ1) is 12.8. The summed E-state index contributed by atoms with van der Waals surface area (Å²) in [5, 5.41) is 6.87. The van der Waals surface area contributed by atoms with E-state index in [9.17, 15) is 14.0 Å². The molecule has 1 aliphatic rings. The minimum absolute atomic E-state index is 0.0494. The van der Waals surface area contributed by atoms with Crippen molar-refractivity contribution in [1.29, 1.82) is 0 Å². The van der Waals surface area contributed by atoms with Crippen molar-refractivity contribution in [3.05, 3.63) is 52.2 Å². The van der Waals surface area contributed by atoms with Crippen molar-refractivity contribution in [1.82, 2.24) is 15.4 Å². The molecule has 0 bridgehead atoms. The highest BCUT2D eigenvalue weighted by Gasteiger charge is 2.25. The summed E-state index contributed by atoms with van der Waals surface area (Å²) in [7, 11) is 0. The maximum absolute atomic E-state index is 13.5. The van der Waals surface area contributed by atoms with Crippen LogP contribution >= 0.6 is 0 Å². The molecule has 1 aromatic carbocycles. The molecule has 2 amide bonds. The molecule has 1 fully saturated rings. The van der Waals surface area contributed by atoms with E-state index in [0.29, 0.717) is 43.5 Å². The zero-order valence-electron chi connectivity index (χ0n) is 15.8. The molecule has 1 saturated heterocycles. The number of benzene rings is 1. The maximum Gasteiger partial charge on any atom is 0.251 e. The molecule has 0 radical (unpaired) electrons. The Labute approximate surface area is 157 Å². The Hall–Kier alpha value is -2.70. The van der Waals surface area contributed by atoms with Crippen molar-refractivity contribution >= 4 is 11.8 Å². The third-order valence-electron chi connectivity index (χ3n) is 4.98. The minimum atomic E-state index is -0.429. The van der Waals surface area contributed by atoms with Gasteiger partial charge in [0.2, 0.25) is 5.91 Å². The molecule has 6 nitrogen and oxygen atoms in total. The van der Waals surface area contributed by atoms with Gasteiger partial charge in [-0.15, -0.1) is 0 Å². The number of rotatable bonds is 4. The molecule has 27 heavy (non-hydrogen) atoms. The summed E-state index contributed by atoms with van der Waals surface area (Å²) >= 11 is 0. The van der Waals surface area contributed by atoms with E-state index in [1.807, 2.05) is 13.8 Å². The van der Waals surface area contributed by atoms with Crippen LogP contribution < -0.4 is 5.32 Å². The largest absolute Gasteiger partial charge is 0.361 e. The van der Waals surface area contributed by atoms with Crippen molar-refractivity contribution in [2.75, 3.05) is 6.54 Å². The van der Waals surface area contributed by atoms with Gasteiger partial charge in [-0.2, -0.15) is 0 Å². The number of nitrogens with one attached hydrogen (secondary N) is 1. The summed E-state index contributed by atoms with van der Waals surface area (Å²) in [6.45, 7) is 6.44. The minimum Gasteiger partial charge on any atom is -0.361 e. The van der Waals surface area contributed by atoms with E-state index in [2.05, 4.69) is 10.5 Å². The molecule has 3 rings (SSSR count). The van der Waals surface area contributed by atoms with E-state index in [1.165, 1.54) is 12.1 Å². The fraction of sp³-hybridized carbons (Fsp3) is 0.450. The highest BCUT2D eigenvalue weighted by atomic mass is 19.1. The lowest BCUT2D eigenvalue weighted by Gasteiger charge is -2.21. The number of likely N-dealkylation sites (tertiary alicyclic amines) is 1. The van der Waals surface area contributed by atoms with E-state index in [-0.39, 0.29) is 17.9 Å². The molecule has 1 atom stereocenters. The zero-order valence-corrected chi connectivity index (χ0v) is 15.8. The molecule has 0 saturated carbocycles. The number of aromatic nitrogens is 1. The molecule has 1 aromatic heterocycles. The average molecular weight is 373 g/mol. The lowest BCUT2D eigenvalue weighted by atomic mass is 10.1. The SMILES string of the molecule is Cc1cc(F)cc(C(=O)NC2CCC(=O)N(Cc3c(C)noc3C)CC2)c1. The normalized spacial score (nSPS) is 17.7. The van der Waals surface area contributed by atoms with Crippen LogP contribution in [0.3, 0.4) is 0 Å². The number of hydrogen-bond acceptors (Lipinski definition) is 4. The standard InChI is InChI=1S/C20H24FN3O3/c1-12-8-15(10-16(21)9-12)20(26)22-17-4-5-19(25)24(7-6-17)11-18-13(2)23-27-14(18)3/h8-10,17H,4-7,11H2,1-3H3,(H,22,26). The van der Waals surface area contributed by atoms with Gasteiger partial charge in [-0.25, -0.2) is 4.39 Å². The zero-order chi connectivity index (χ0) is 19.6. The number of nitrogens with zero attached hydrogens (tertiary/aromatic N) is 2. The van der Waals surface area contributed by atoms with E-state index >= 15 is 0 Å². The van der Waals surface area contributed by atoms with Crippen LogP contribution in [0.1, 0.15) is 52.2 Å². The van der Waals surface area contributed by atoms with Gasteiger partial charge in [0, 0.05) is 30.1 Å². The van der Waals surface area contributed by atoms with Gasteiger partial charge in [0.05, 0.1) is 12.2 Å². The Kier molecular flexibility index (Phi) is 5.58. The molecule has 1 aliphatic heterocycles. The summed E-state index contributed by atoms with van der Waals surface area (Å²) in [6.07, 6.45) is 1.57. The van der Waals surface area contributed by atoms with Gasteiger partial charge in [-0.05, 0) is 57.4 Å². The summed E-state index contributed by atoms with van der Waals surface area (Å²) in [5.74, 6) is 0.0280. The molecule has 1 unspecified atom stereocenters. The first-order valence-corrected chi connectivity index (χ1v) is 9.11. The molecule has 2 aromatic rings. The second kappa shape index (κ2) is 7.90. The first kappa shape index (κ1) is 19.1. The summed E-state index contributed by atoms with van der Waals surface area (Å²) in [6, 6.07) is 4.14. The molecule has 0 aliphatic carbocycles. The van der Waals surface area contributed by atoms with Crippen LogP contribution in [0.25, 0.3) is 0 Å². The second-order valence-corrected chi connectivity index (χ2v) is 7.13. The van der Waals surface area contributed by atoms with E-state index in [0.717, 1.165) is 17.0 Å². The third kappa shape index (κ3) is 4.53. The summed E-state index contributed by atoms with van der Waals surface area (Å²) < 4.78 is 18.7. The first-order valence-electron chi connectivity index (χ1n) is 9.11. The predicted molar refractivity (Wildman–Crippen MR) is 97.6 cm³/mol. The third-order valence-corrected chi connectivity index (χ3v) is 4.98. The van der Waals surface area contributed by atoms with Gasteiger partial charge in [-0.1, -0.05) is 5.16 Å². The summed E-state index contributed by atoms with van der Waals surface area (Å²) in [4.78, 5) is 26.7. The lowest BCUT2D eigenvalue weighted by molar-refractivity contribution is -0.131. The van der Waals surface area contributed by atoms with Gasteiger partial charge in [0.15, 0.2) is 0 Å². The Morgan fingerprint density at radius 2 is 2.07 bits per heavy atom. The fourth-order valence-corrected chi connectivity index (χ4v) is 3.40. The Bertz CT molecular complexity index is 822. The van der Waals surface area contributed by atoms with Gasteiger partial charge in [0.1, 0.15) is 11.6 Å². The average Bonchev–Trinajstić information content (AvgIpc) is 2.82. The van der Waals surface area contributed by atoms with Crippen LogP contribution in [-0.2, 0) is 11.3 Å². The van der Waals surface area contributed by atoms with Gasteiger partial charge >= 0.3 is 0 Å². The van der Waals surface area contributed by atoms with Crippen LogP contribution in [0.4, 0.5) is 4.39 Å². The number of carbonyl (C=O) groups excluding carboxylic acids is 2. The van der Waals surface area contributed by atoms with E-state index < -0.39 is 5.82 Å². The highest BCUT2D eigenvalue weighted by Crippen LogP contribution is 2.20.